The molecule has 136 valence electrons. The van der Waals surface area contributed by atoms with Crippen LogP contribution in [0.15, 0.2) is 12.3 Å². The maximum absolute atomic E-state index is 12.3. The van der Waals surface area contributed by atoms with Gasteiger partial charge in [-0.25, -0.2) is 9.78 Å². The van der Waals surface area contributed by atoms with Gasteiger partial charge in [0.2, 0.25) is 5.91 Å². The number of fused-ring (bicyclic) bond motifs is 1. The number of nitrogens with one attached hydrogen (secondary N) is 2. The largest absolute Gasteiger partial charge is 0.464 e. The van der Waals surface area contributed by atoms with E-state index in [4.69, 9.17) is 4.74 Å². The first-order chi connectivity index (χ1) is 11.9. The molecular weight excluding hydrogens is 320 g/mol. The van der Waals surface area contributed by atoms with E-state index in [1.807, 2.05) is 13.0 Å². The zero-order chi connectivity index (χ0) is 18.6. The van der Waals surface area contributed by atoms with Crippen LogP contribution < -0.4 is 10.6 Å². The van der Waals surface area contributed by atoms with Gasteiger partial charge in [-0.15, -0.1) is 0 Å². The van der Waals surface area contributed by atoms with E-state index < -0.39 is 5.97 Å². The number of anilines is 2. The molecule has 2 aromatic rings. The predicted molar refractivity (Wildman–Crippen MR) is 99.0 cm³/mol. The van der Waals surface area contributed by atoms with E-state index in [9.17, 15) is 9.59 Å². The normalized spacial score (nSPS) is 12.0. The van der Waals surface area contributed by atoms with Gasteiger partial charge in [-0.05, 0) is 18.9 Å². The Bertz CT molecular complexity index is 782. The molecule has 2 aromatic heterocycles. The zero-order valence-corrected chi connectivity index (χ0v) is 15.5. The summed E-state index contributed by atoms with van der Waals surface area (Å²) >= 11 is 0. The third-order valence-corrected chi connectivity index (χ3v) is 4.25. The number of pyridine rings is 1. The van der Waals surface area contributed by atoms with Crippen LogP contribution in [0.3, 0.4) is 0 Å². The number of carbonyl (C=O) groups excluding carboxylic acids is 2. The molecule has 1 atom stereocenters. The third-order valence-electron chi connectivity index (χ3n) is 4.25. The predicted octanol–water partition coefficient (Wildman–Crippen LogP) is 3.26. The molecule has 0 aliphatic heterocycles. The molecule has 0 bridgehead atoms. The highest BCUT2D eigenvalue weighted by Crippen LogP contribution is 2.32. The van der Waals surface area contributed by atoms with Gasteiger partial charge in [0.15, 0.2) is 5.69 Å². The molecule has 1 unspecified atom stereocenters. The molecule has 2 N–H and O–H groups in total. The van der Waals surface area contributed by atoms with Crippen LogP contribution in [0.1, 0.15) is 44.6 Å². The molecule has 0 aromatic carbocycles. The molecule has 0 radical (unpaired) electrons. The van der Waals surface area contributed by atoms with E-state index in [-0.39, 0.29) is 5.91 Å². The first-order valence-electron chi connectivity index (χ1n) is 8.54. The summed E-state index contributed by atoms with van der Waals surface area (Å²) in [5.41, 5.74) is 2.24. The summed E-state index contributed by atoms with van der Waals surface area (Å²) in [6.45, 7) is 9.01. The van der Waals surface area contributed by atoms with E-state index >= 15 is 0 Å². The van der Waals surface area contributed by atoms with Gasteiger partial charge in [0, 0.05) is 25.4 Å². The van der Waals surface area contributed by atoms with Crippen LogP contribution >= 0.6 is 0 Å². The van der Waals surface area contributed by atoms with Crippen molar-refractivity contribution in [1.29, 1.82) is 0 Å². The number of aromatic nitrogens is 2. The second-order valence-electron chi connectivity index (χ2n) is 6.13. The van der Waals surface area contributed by atoms with Crippen LogP contribution in [0.25, 0.3) is 11.0 Å². The summed E-state index contributed by atoms with van der Waals surface area (Å²) in [4.78, 5) is 28.4. The SMILES string of the molecule is CCC(C)CNc1cnc2c(c1)c(NC(C)=O)c(C(=O)OC)n2CC. The van der Waals surface area contributed by atoms with E-state index in [1.54, 1.807) is 10.8 Å². The van der Waals surface area contributed by atoms with Crippen molar-refractivity contribution >= 4 is 34.3 Å². The fourth-order valence-corrected chi connectivity index (χ4v) is 2.68. The first kappa shape index (κ1) is 18.8. The smallest absolute Gasteiger partial charge is 0.356 e. The minimum Gasteiger partial charge on any atom is -0.464 e. The molecule has 0 saturated carbocycles. The maximum atomic E-state index is 12.3. The molecule has 2 rings (SSSR count). The number of rotatable bonds is 7. The van der Waals surface area contributed by atoms with E-state index in [2.05, 4.69) is 29.5 Å². The van der Waals surface area contributed by atoms with E-state index in [0.717, 1.165) is 18.7 Å². The van der Waals surface area contributed by atoms with Gasteiger partial charge in [-0.2, -0.15) is 0 Å². The Hall–Kier alpha value is -2.57. The summed E-state index contributed by atoms with van der Waals surface area (Å²) in [6, 6.07) is 1.91. The van der Waals surface area contributed by atoms with Gasteiger partial charge in [-0.1, -0.05) is 20.3 Å². The second-order valence-corrected chi connectivity index (χ2v) is 6.13. The number of carbonyl (C=O) groups is 2. The minimum absolute atomic E-state index is 0.252. The molecule has 0 aliphatic carbocycles. The summed E-state index contributed by atoms with van der Waals surface area (Å²) in [6.07, 6.45) is 2.83. The summed E-state index contributed by atoms with van der Waals surface area (Å²) < 4.78 is 6.65. The van der Waals surface area contributed by atoms with E-state index in [1.165, 1.54) is 14.0 Å². The van der Waals surface area contributed by atoms with Gasteiger partial charge in [0.05, 0.1) is 24.7 Å². The van der Waals surface area contributed by atoms with Crippen molar-refractivity contribution in [2.75, 3.05) is 24.3 Å². The Kier molecular flexibility index (Phi) is 6.01. The van der Waals surface area contributed by atoms with E-state index in [0.29, 0.717) is 34.9 Å². The van der Waals surface area contributed by atoms with Crippen LogP contribution in [-0.4, -0.2) is 35.1 Å². The maximum Gasteiger partial charge on any atom is 0.356 e. The average molecular weight is 346 g/mol. The van der Waals surface area contributed by atoms with Crippen molar-refractivity contribution in [3.63, 3.8) is 0 Å². The van der Waals surface area contributed by atoms with Crippen molar-refractivity contribution in [3.05, 3.63) is 18.0 Å². The highest BCUT2D eigenvalue weighted by molar-refractivity contribution is 6.10. The number of hydrogen-bond acceptors (Lipinski definition) is 5. The first-order valence-corrected chi connectivity index (χ1v) is 8.54. The van der Waals surface area contributed by atoms with Gasteiger partial charge < -0.3 is 19.9 Å². The molecule has 7 heteroatoms. The quantitative estimate of drug-likeness (QED) is 0.752. The zero-order valence-electron chi connectivity index (χ0n) is 15.5. The molecule has 7 nitrogen and oxygen atoms in total. The lowest BCUT2D eigenvalue weighted by Gasteiger charge is -2.11. The second kappa shape index (κ2) is 8.00. The van der Waals surface area contributed by atoms with Crippen LogP contribution in [0.4, 0.5) is 11.4 Å². The number of nitrogens with zero attached hydrogens (tertiary/aromatic N) is 2. The highest BCUT2D eigenvalue weighted by atomic mass is 16.5. The number of aryl methyl sites for hydroxylation is 1. The Morgan fingerprint density at radius 1 is 1.36 bits per heavy atom. The molecule has 0 fully saturated rings. The van der Waals surface area contributed by atoms with Crippen LogP contribution in [0.5, 0.6) is 0 Å². The van der Waals surface area contributed by atoms with Crippen molar-refractivity contribution in [3.8, 4) is 0 Å². The topological polar surface area (TPSA) is 85.2 Å². The van der Waals surface area contributed by atoms with Gasteiger partial charge >= 0.3 is 5.97 Å². The molecule has 1 amide bonds. The minimum atomic E-state index is -0.502. The highest BCUT2D eigenvalue weighted by Gasteiger charge is 2.24. The average Bonchev–Trinajstić information content (AvgIpc) is 2.91. The Morgan fingerprint density at radius 2 is 2.08 bits per heavy atom. The molecule has 2 heterocycles. The van der Waals surface area contributed by atoms with Crippen LogP contribution in [0, 0.1) is 5.92 Å². The van der Waals surface area contributed by atoms with Crippen LogP contribution in [0.2, 0.25) is 0 Å². The summed E-state index contributed by atoms with van der Waals surface area (Å²) in [5, 5.41) is 6.83. The van der Waals surface area contributed by atoms with Crippen LogP contribution in [-0.2, 0) is 16.1 Å². The Labute approximate surface area is 147 Å². The lowest BCUT2D eigenvalue weighted by atomic mass is 10.1. The Morgan fingerprint density at radius 3 is 2.64 bits per heavy atom. The van der Waals surface area contributed by atoms with Crippen molar-refractivity contribution < 1.29 is 14.3 Å². The monoisotopic (exact) mass is 346 g/mol. The number of esters is 1. The fourth-order valence-electron chi connectivity index (χ4n) is 2.68. The van der Waals surface area contributed by atoms with Gasteiger partial charge in [-0.3, -0.25) is 4.79 Å². The molecule has 25 heavy (non-hydrogen) atoms. The van der Waals surface area contributed by atoms with Crippen molar-refractivity contribution in [2.24, 2.45) is 5.92 Å². The van der Waals surface area contributed by atoms with Gasteiger partial charge in [0.1, 0.15) is 5.65 Å². The molecule has 0 spiro atoms. The molecule has 0 aliphatic rings. The van der Waals surface area contributed by atoms with Gasteiger partial charge in [0.25, 0.3) is 0 Å². The lowest BCUT2D eigenvalue weighted by molar-refractivity contribution is -0.114. The number of amides is 1. The molecule has 0 saturated heterocycles. The summed E-state index contributed by atoms with van der Waals surface area (Å²) in [5.74, 6) is -0.215. The number of ether oxygens (including phenoxy) is 1. The summed E-state index contributed by atoms with van der Waals surface area (Å²) in [7, 11) is 1.32. The standard InChI is InChI=1S/C18H26N4O3/c1-6-11(3)9-19-13-8-14-15(21-12(4)23)16(18(24)25-5)22(7-2)17(14)20-10-13/h8,10-11,19H,6-7,9H2,1-5H3,(H,21,23). The lowest BCUT2D eigenvalue weighted by Crippen LogP contribution is -2.14. The Balaban J connectivity index is 2.58. The van der Waals surface area contributed by atoms with Crippen molar-refractivity contribution in [1.82, 2.24) is 9.55 Å². The number of methoxy groups -OCH3 is 1. The van der Waals surface area contributed by atoms with Crippen molar-refractivity contribution in [2.45, 2.75) is 40.7 Å². The fraction of sp³-hybridized carbons (Fsp3) is 0.500. The third kappa shape index (κ3) is 3.92. The number of hydrogen-bond donors (Lipinski definition) is 2. The molecular formula is C18H26N4O3.